The molecule has 9 heteroatoms. The van der Waals surface area contributed by atoms with Gasteiger partial charge >= 0.3 is 5.97 Å². The number of carbonyl (C=O) groups is 3. The SMILES string of the molecule is O=C(O)C[C@H]1CC[C@H](c2ccc(NC(=O)CCNC(=O)c3coc(-c4ccccc4Cl)n3)cc2)CC1. The molecule has 188 valence electrons. The summed E-state index contributed by atoms with van der Waals surface area (Å²) >= 11 is 6.14. The standard InChI is InChI=1S/C27H28ClN3O5/c28-22-4-2-1-3-21(22)27-31-23(16-36-27)26(35)29-14-13-24(32)30-20-11-9-19(10-12-20)18-7-5-17(6-8-18)15-25(33)34/h1-4,9-12,16-18H,5-8,13-15H2,(H,29,35)(H,30,32)(H,33,34)/t17-,18-. The molecule has 1 aliphatic carbocycles. The lowest BCUT2D eigenvalue weighted by Gasteiger charge is -2.28. The number of hydrogen-bond donors (Lipinski definition) is 3. The maximum absolute atomic E-state index is 12.3. The van der Waals surface area contributed by atoms with Gasteiger partial charge in [-0.25, -0.2) is 4.98 Å². The molecule has 1 aliphatic rings. The zero-order valence-corrected chi connectivity index (χ0v) is 20.5. The highest BCUT2D eigenvalue weighted by atomic mass is 35.5. The first-order chi connectivity index (χ1) is 17.4. The molecule has 1 fully saturated rings. The number of hydrogen-bond acceptors (Lipinski definition) is 5. The lowest BCUT2D eigenvalue weighted by molar-refractivity contribution is -0.138. The van der Waals surface area contributed by atoms with E-state index >= 15 is 0 Å². The molecule has 3 aromatic rings. The van der Waals surface area contributed by atoms with Crippen molar-refractivity contribution >= 4 is 35.1 Å². The first-order valence-electron chi connectivity index (χ1n) is 12.0. The third-order valence-corrected chi connectivity index (χ3v) is 6.78. The van der Waals surface area contributed by atoms with Crippen molar-refractivity contribution in [1.82, 2.24) is 10.3 Å². The van der Waals surface area contributed by atoms with E-state index in [1.165, 1.54) is 11.8 Å². The van der Waals surface area contributed by atoms with Gasteiger partial charge in [0.2, 0.25) is 11.8 Å². The van der Waals surface area contributed by atoms with Gasteiger partial charge in [0.1, 0.15) is 6.26 Å². The molecule has 0 radical (unpaired) electrons. The van der Waals surface area contributed by atoms with E-state index < -0.39 is 11.9 Å². The number of halogens is 1. The number of aromatic nitrogens is 1. The molecule has 1 saturated carbocycles. The molecule has 0 unspecified atom stereocenters. The van der Waals surface area contributed by atoms with Crippen LogP contribution in [0.1, 0.15) is 60.5 Å². The van der Waals surface area contributed by atoms with Crippen molar-refractivity contribution in [3.63, 3.8) is 0 Å². The van der Waals surface area contributed by atoms with Crippen LogP contribution in [0.3, 0.4) is 0 Å². The fraction of sp³-hybridized carbons (Fsp3) is 0.333. The summed E-state index contributed by atoms with van der Waals surface area (Å²) < 4.78 is 5.37. The molecule has 8 nitrogen and oxygen atoms in total. The highest BCUT2D eigenvalue weighted by Crippen LogP contribution is 2.37. The topological polar surface area (TPSA) is 122 Å². The maximum atomic E-state index is 12.3. The van der Waals surface area contributed by atoms with Gasteiger partial charge in [0, 0.05) is 25.1 Å². The highest BCUT2D eigenvalue weighted by molar-refractivity contribution is 6.33. The van der Waals surface area contributed by atoms with Crippen LogP contribution >= 0.6 is 11.6 Å². The van der Waals surface area contributed by atoms with Crippen molar-refractivity contribution in [2.75, 3.05) is 11.9 Å². The van der Waals surface area contributed by atoms with Crippen molar-refractivity contribution < 1.29 is 23.9 Å². The molecule has 4 rings (SSSR count). The van der Waals surface area contributed by atoms with Crippen molar-refractivity contribution in [2.24, 2.45) is 5.92 Å². The number of carbonyl (C=O) groups excluding carboxylic acids is 2. The Bertz CT molecular complexity index is 1220. The molecule has 36 heavy (non-hydrogen) atoms. The fourth-order valence-electron chi connectivity index (χ4n) is 4.53. The van der Waals surface area contributed by atoms with Gasteiger partial charge in [-0.3, -0.25) is 14.4 Å². The lowest BCUT2D eigenvalue weighted by atomic mass is 9.77. The summed E-state index contributed by atoms with van der Waals surface area (Å²) in [6.45, 7) is 0.149. The average Bonchev–Trinajstić information content (AvgIpc) is 3.35. The second-order valence-electron chi connectivity index (χ2n) is 9.01. The van der Waals surface area contributed by atoms with Crippen LogP contribution in [-0.2, 0) is 9.59 Å². The van der Waals surface area contributed by atoms with Crippen LogP contribution in [0.5, 0.6) is 0 Å². The average molecular weight is 510 g/mol. The molecule has 2 amide bonds. The van der Waals surface area contributed by atoms with Crippen LogP contribution in [0.2, 0.25) is 5.02 Å². The number of aliphatic carboxylic acids is 1. The number of carboxylic acids is 1. The molecule has 0 saturated heterocycles. The fourth-order valence-corrected chi connectivity index (χ4v) is 4.74. The number of oxazole rings is 1. The largest absolute Gasteiger partial charge is 0.481 e. The highest BCUT2D eigenvalue weighted by Gasteiger charge is 2.24. The number of amides is 2. The first-order valence-corrected chi connectivity index (χ1v) is 12.4. The summed E-state index contributed by atoms with van der Waals surface area (Å²) in [5.74, 6) is -0.433. The molecule has 1 aromatic heterocycles. The quantitative estimate of drug-likeness (QED) is 0.350. The Morgan fingerprint density at radius 3 is 2.44 bits per heavy atom. The van der Waals surface area contributed by atoms with Gasteiger partial charge in [-0.1, -0.05) is 35.9 Å². The van der Waals surface area contributed by atoms with Crippen molar-refractivity contribution in [3.05, 3.63) is 71.1 Å². The third-order valence-electron chi connectivity index (χ3n) is 6.45. The van der Waals surface area contributed by atoms with Crippen molar-refractivity contribution in [3.8, 4) is 11.5 Å². The minimum atomic E-state index is -0.723. The second-order valence-corrected chi connectivity index (χ2v) is 9.42. The van der Waals surface area contributed by atoms with Crippen molar-refractivity contribution in [2.45, 2.75) is 44.4 Å². The van der Waals surface area contributed by atoms with E-state index in [0.717, 1.165) is 25.7 Å². The van der Waals surface area contributed by atoms with Gasteiger partial charge in [-0.15, -0.1) is 0 Å². The predicted octanol–water partition coefficient (Wildman–Crippen LogP) is 5.50. The zero-order valence-electron chi connectivity index (χ0n) is 19.7. The molecule has 0 spiro atoms. The molecule has 3 N–H and O–H groups in total. The maximum Gasteiger partial charge on any atom is 0.303 e. The summed E-state index contributed by atoms with van der Waals surface area (Å²) in [5.41, 5.74) is 2.60. The predicted molar refractivity (Wildman–Crippen MR) is 136 cm³/mol. The first kappa shape index (κ1) is 25.4. The Morgan fingerprint density at radius 1 is 1.03 bits per heavy atom. The second kappa shape index (κ2) is 11.9. The van der Waals surface area contributed by atoms with Crippen LogP contribution in [0, 0.1) is 5.92 Å². The molecule has 1 heterocycles. The summed E-state index contributed by atoms with van der Waals surface area (Å²) in [5, 5.41) is 15.0. The van der Waals surface area contributed by atoms with Crippen molar-refractivity contribution in [1.29, 1.82) is 0 Å². The molecule has 0 bridgehead atoms. The lowest BCUT2D eigenvalue weighted by Crippen LogP contribution is -2.27. The molecular formula is C27H28ClN3O5. The van der Waals surface area contributed by atoms with Crippen LogP contribution in [0.15, 0.2) is 59.2 Å². The summed E-state index contributed by atoms with van der Waals surface area (Å²) in [4.78, 5) is 39.7. The van der Waals surface area contributed by atoms with E-state index in [1.54, 1.807) is 24.3 Å². The monoisotopic (exact) mass is 509 g/mol. The minimum Gasteiger partial charge on any atom is -0.481 e. The van der Waals surface area contributed by atoms with Gasteiger partial charge in [0.15, 0.2) is 5.69 Å². The van der Waals surface area contributed by atoms with Gasteiger partial charge < -0.3 is 20.2 Å². The van der Waals surface area contributed by atoms with Gasteiger partial charge in [0.25, 0.3) is 5.91 Å². The smallest absolute Gasteiger partial charge is 0.303 e. The number of rotatable bonds is 9. The number of anilines is 1. The summed E-state index contributed by atoms with van der Waals surface area (Å²) in [6.07, 6.45) is 5.43. The Kier molecular flexibility index (Phi) is 8.38. The minimum absolute atomic E-state index is 0.107. The summed E-state index contributed by atoms with van der Waals surface area (Å²) in [6, 6.07) is 14.8. The molecular weight excluding hydrogens is 482 g/mol. The molecule has 0 atom stereocenters. The Morgan fingerprint density at radius 2 is 1.75 bits per heavy atom. The van der Waals surface area contributed by atoms with E-state index in [9.17, 15) is 14.4 Å². The van der Waals surface area contributed by atoms with E-state index in [4.69, 9.17) is 21.1 Å². The van der Waals surface area contributed by atoms with Crippen LogP contribution in [0.25, 0.3) is 11.5 Å². The Hall–Kier alpha value is -3.65. The molecule has 2 aromatic carbocycles. The van der Waals surface area contributed by atoms with E-state index in [1.807, 2.05) is 24.3 Å². The normalized spacial score (nSPS) is 17.4. The van der Waals surface area contributed by atoms with Gasteiger partial charge in [0.05, 0.1) is 10.6 Å². The van der Waals surface area contributed by atoms with Crippen LogP contribution in [-0.4, -0.2) is 34.4 Å². The third kappa shape index (κ3) is 6.73. The van der Waals surface area contributed by atoms with E-state index in [-0.39, 0.29) is 42.8 Å². The Labute approximate surface area is 214 Å². The van der Waals surface area contributed by atoms with E-state index in [0.29, 0.717) is 22.2 Å². The Balaban J connectivity index is 1.20. The summed E-state index contributed by atoms with van der Waals surface area (Å²) in [7, 11) is 0. The van der Waals surface area contributed by atoms with Crippen LogP contribution in [0.4, 0.5) is 5.69 Å². The van der Waals surface area contributed by atoms with E-state index in [2.05, 4.69) is 15.6 Å². The van der Waals surface area contributed by atoms with Crippen LogP contribution < -0.4 is 10.6 Å². The van der Waals surface area contributed by atoms with Gasteiger partial charge in [-0.05, 0) is 67.3 Å². The number of benzene rings is 2. The number of carboxylic acid groups (broad SMARTS) is 1. The van der Waals surface area contributed by atoms with Gasteiger partial charge in [-0.2, -0.15) is 0 Å². The number of nitrogens with zero attached hydrogens (tertiary/aromatic N) is 1. The zero-order chi connectivity index (χ0) is 25.5. The number of nitrogens with one attached hydrogen (secondary N) is 2. The molecule has 0 aliphatic heterocycles.